The number of primary amides is 1. The Morgan fingerprint density at radius 1 is 1.33 bits per heavy atom. The van der Waals surface area contributed by atoms with Gasteiger partial charge in [0, 0.05) is 20.8 Å². The average molecular weight is 415 g/mol. The first-order valence-corrected chi connectivity index (χ1v) is 7.60. The van der Waals surface area contributed by atoms with Crippen molar-refractivity contribution in [1.82, 2.24) is 4.98 Å². The van der Waals surface area contributed by atoms with E-state index >= 15 is 0 Å². The van der Waals surface area contributed by atoms with Crippen LogP contribution >= 0.6 is 31.9 Å². The molecule has 3 N–H and O–H groups in total. The maximum atomic E-state index is 11.7. The normalized spacial score (nSPS) is 11.8. The van der Waals surface area contributed by atoms with Crippen LogP contribution in [0, 0.1) is 0 Å². The minimum atomic E-state index is -0.735. The fraction of sp³-hybridized carbons (Fsp3) is 0.143. The molecule has 7 heteroatoms. The molecule has 1 aromatic heterocycles. The molecule has 0 saturated carbocycles. The van der Waals surface area contributed by atoms with Crippen molar-refractivity contribution < 1.29 is 9.53 Å². The maximum Gasteiger partial charge on any atom is 0.246 e. The van der Waals surface area contributed by atoms with Gasteiger partial charge in [-0.25, -0.2) is 0 Å². The van der Waals surface area contributed by atoms with Gasteiger partial charge in [-0.05, 0) is 62.2 Å². The Kier molecular flexibility index (Phi) is 5.19. The topological polar surface area (TPSA) is 77.2 Å². The van der Waals surface area contributed by atoms with Gasteiger partial charge < -0.3 is 15.8 Å². The lowest BCUT2D eigenvalue weighted by molar-refractivity contribution is -0.118. The summed E-state index contributed by atoms with van der Waals surface area (Å²) in [6, 6.07) is 8.28. The predicted octanol–water partition coefficient (Wildman–Crippen LogP) is 3.25. The minimum absolute atomic E-state index is 0.513. The number of carbonyl (C=O) groups is 1. The Morgan fingerprint density at radius 2 is 2.00 bits per heavy atom. The Labute approximate surface area is 139 Å². The van der Waals surface area contributed by atoms with Crippen LogP contribution in [0.1, 0.15) is 11.7 Å². The van der Waals surface area contributed by atoms with Crippen molar-refractivity contribution >= 4 is 43.5 Å². The van der Waals surface area contributed by atoms with Crippen LogP contribution in [0.15, 0.2) is 45.5 Å². The summed E-state index contributed by atoms with van der Waals surface area (Å²) >= 11 is 6.71. The molecular formula is C14H13Br2N3O2. The highest BCUT2D eigenvalue weighted by molar-refractivity contribution is 9.11. The number of halogens is 2. The van der Waals surface area contributed by atoms with Gasteiger partial charge >= 0.3 is 0 Å². The van der Waals surface area contributed by atoms with Gasteiger partial charge in [-0.2, -0.15) is 0 Å². The van der Waals surface area contributed by atoms with E-state index < -0.39 is 11.9 Å². The molecule has 0 bridgehead atoms. The van der Waals surface area contributed by atoms with Crippen LogP contribution in [0.2, 0.25) is 0 Å². The first-order valence-electron chi connectivity index (χ1n) is 6.02. The molecule has 0 saturated heterocycles. The molecule has 0 aliphatic carbocycles. The van der Waals surface area contributed by atoms with Gasteiger partial charge in [0.05, 0.1) is 12.8 Å². The first kappa shape index (κ1) is 15.8. The molecule has 1 heterocycles. The van der Waals surface area contributed by atoms with Crippen LogP contribution in [-0.2, 0) is 4.79 Å². The molecule has 21 heavy (non-hydrogen) atoms. The van der Waals surface area contributed by atoms with E-state index in [1.165, 1.54) is 0 Å². The number of methoxy groups -OCH3 is 1. The Bertz CT molecular complexity index is 647. The number of carbonyl (C=O) groups excluding carboxylic acids is 1. The Hall–Kier alpha value is -1.60. The molecule has 0 spiro atoms. The van der Waals surface area contributed by atoms with Crippen molar-refractivity contribution in [2.24, 2.45) is 5.73 Å². The van der Waals surface area contributed by atoms with Crippen molar-refractivity contribution in [3.63, 3.8) is 0 Å². The maximum absolute atomic E-state index is 11.7. The molecule has 2 aromatic rings. The summed E-state index contributed by atoms with van der Waals surface area (Å²) < 4.78 is 6.60. The zero-order valence-electron chi connectivity index (χ0n) is 11.1. The molecule has 1 amide bonds. The van der Waals surface area contributed by atoms with E-state index in [0.717, 1.165) is 15.9 Å². The second-order valence-electron chi connectivity index (χ2n) is 4.23. The molecule has 110 valence electrons. The molecule has 5 nitrogen and oxygen atoms in total. The summed E-state index contributed by atoms with van der Waals surface area (Å²) in [5, 5.41) is 3.07. The van der Waals surface area contributed by atoms with Gasteiger partial charge in [0.1, 0.15) is 11.8 Å². The van der Waals surface area contributed by atoms with Crippen molar-refractivity contribution in [2.75, 3.05) is 12.4 Å². The predicted molar refractivity (Wildman–Crippen MR) is 88.2 cm³/mol. The number of nitrogens with two attached hydrogens (primary N) is 1. The number of hydrogen-bond donors (Lipinski definition) is 2. The van der Waals surface area contributed by atoms with Gasteiger partial charge in [-0.15, -0.1) is 0 Å². The van der Waals surface area contributed by atoms with Gasteiger partial charge in [0.2, 0.25) is 5.91 Å². The van der Waals surface area contributed by atoms with Gasteiger partial charge in [0.25, 0.3) is 0 Å². The highest BCUT2D eigenvalue weighted by Crippen LogP contribution is 2.27. The van der Waals surface area contributed by atoms with Crippen molar-refractivity contribution in [3.05, 3.63) is 51.2 Å². The number of amides is 1. The molecular weight excluding hydrogens is 402 g/mol. The molecule has 1 atom stereocenters. The summed E-state index contributed by atoms with van der Waals surface area (Å²) in [4.78, 5) is 16.0. The zero-order valence-corrected chi connectivity index (χ0v) is 14.3. The SMILES string of the molecule is COc1ccc(NC(C(N)=O)c2ncc(Br)cc2Br)cc1. The van der Waals surface area contributed by atoms with Crippen LogP contribution in [0.25, 0.3) is 0 Å². The van der Waals surface area contributed by atoms with Crippen LogP contribution in [0.3, 0.4) is 0 Å². The monoisotopic (exact) mass is 413 g/mol. The number of aromatic nitrogens is 1. The van der Waals surface area contributed by atoms with E-state index in [4.69, 9.17) is 10.5 Å². The second-order valence-corrected chi connectivity index (χ2v) is 6.00. The Morgan fingerprint density at radius 3 is 2.52 bits per heavy atom. The lowest BCUT2D eigenvalue weighted by Gasteiger charge is -2.17. The number of anilines is 1. The minimum Gasteiger partial charge on any atom is -0.497 e. The van der Waals surface area contributed by atoms with Gasteiger partial charge in [-0.3, -0.25) is 9.78 Å². The van der Waals surface area contributed by atoms with E-state index in [1.54, 1.807) is 25.4 Å². The molecule has 0 fully saturated rings. The van der Waals surface area contributed by atoms with E-state index in [1.807, 2.05) is 18.2 Å². The number of hydrogen-bond acceptors (Lipinski definition) is 4. The van der Waals surface area contributed by atoms with Crippen LogP contribution in [-0.4, -0.2) is 18.0 Å². The average Bonchev–Trinajstić information content (AvgIpc) is 2.46. The summed E-state index contributed by atoms with van der Waals surface area (Å²) in [7, 11) is 1.59. The third kappa shape index (κ3) is 3.95. The molecule has 1 unspecified atom stereocenters. The lowest BCUT2D eigenvalue weighted by Crippen LogP contribution is -2.28. The van der Waals surface area contributed by atoms with Crippen molar-refractivity contribution in [2.45, 2.75) is 6.04 Å². The summed E-state index contributed by atoms with van der Waals surface area (Å²) in [5.41, 5.74) is 6.76. The zero-order chi connectivity index (χ0) is 15.4. The highest BCUT2D eigenvalue weighted by Gasteiger charge is 2.22. The fourth-order valence-electron chi connectivity index (χ4n) is 1.77. The third-order valence-corrected chi connectivity index (χ3v) is 3.86. The number of ether oxygens (including phenoxy) is 1. The molecule has 0 aliphatic heterocycles. The van der Waals surface area contributed by atoms with E-state index in [9.17, 15) is 4.79 Å². The van der Waals surface area contributed by atoms with Crippen molar-refractivity contribution in [3.8, 4) is 5.75 Å². The van der Waals surface area contributed by atoms with Crippen molar-refractivity contribution in [1.29, 1.82) is 0 Å². The fourth-order valence-corrected chi connectivity index (χ4v) is 2.98. The highest BCUT2D eigenvalue weighted by atomic mass is 79.9. The first-order chi connectivity index (χ1) is 10.0. The van der Waals surface area contributed by atoms with E-state index in [0.29, 0.717) is 10.2 Å². The smallest absolute Gasteiger partial charge is 0.246 e. The second kappa shape index (κ2) is 6.91. The molecule has 0 aliphatic rings. The number of benzene rings is 1. The number of nitrogens with zero attached hydrogens (tertiary/aromatic N) is 1. The summed E-state index contributed by atoms with van der Waals surface area (Å²) in [5.74, 6) is 0.223. The molecule has 2 rings (SSSR count). The molecule has 1 aromatic carbocycles. The Balaban J connectivity index is 2.28. The third-order valence-electron chi connectivity index (χ3n) is 2.80. The summed E-state index contributed by atoms with van der Waals surface area (Å²) in [6.07, 6.45) is 1.62. The number of nitrogens with one attached hydrogen (secondary N) is 1. The summed E-state index contributed by atoms with van der Waals surface area (Å²) in [6.45, 7) is 0. The quantitative estimate of drug-likeness (QED) is 0.787. The number of rotatable bonds is 5. The van der Waals surface area contributed by atoms with Gasteiger partial charge in [-0.1, -0.05) is 0 Å². The molecule has 0 radical (unpaired) electrons. The van der Waals surface area contributed by atoms with Crippen LogP contribution in [0.5, 0.6) is 5.75 Å². The van der Waals surface area contributed by atoms with E-state index in [2.05, 4.69) is 42.2 Å². The van der Waals surface area contributed by atoms with E-state index in [-0.39, 0.29) is 0 Å². The van der Waals surface area contributed by atoms with Crippen LogP contribution < -0.4 is 15.8 Å². The van der Waals surface area contributed by atoms with Gasteiger partial charge in [0.15, 0.2) is 0 Å². The van der Waals surface area contributed by atoms with Crippen LogP contribution in [0.4, 0.5) is 5.69 Å². The number of pyridine rings is 1. The standard InChI is InChI=1S/C14H13Br2N3O2/c1-21-10-4-2-9(3-5-10)19-13(14(17)20)12-11(16)6-8(15)7-18-12/h2-7,13,19H,1H3,(H2,17,20). The lowest BCUT2D eigenvalue weighted by atomic mass is 10.1. The largest absolute Gasteiger partial charge is 0.497 e.